The second-order valence-electron chi connectivity index (χ2n) is 4.62. The summed E-state index contributed by atoms with van der Waals surface area (Å²) in [7, 11) is 0. The van der Waals surface area contributed by atoms with Crippen molar-refractivity contribution in [3.8, 4) is 0 Å². The van der Waals surface area contributed by atoms with E-state index < -0.39 is 0 Å². The summed E-state index contributed by atoms with van der Waals surface area (Å²) >= 11 is 0. The van der Waals surface area contributed by atoms with E-state index in [-0.39, 0.29) is 12.6 Å². The summed E-state index contributed by atoms with van der Waals surface area (Å²) < 4.78 is 0. The van der Waals surface area contributed by atoms with Gasteiger partial charge in [0, 0.05) is 12.1 Å². The summed E-state index contributed by atoms with van der Waals surface area (Å²) in [4.78, 5) is 0. The van der Waals surface area contributed by atoms with Crippen molar-refractivity contribution in [3.63, 3.8) is 0 Å². The summed E-state index contributed by atoms with van der Waals surface area (Å²) in [5.74, 6) is 0.561. The van der Waals surface area contributed by atoms with Crippen molar-refractivity contribution in [2.24, 2.45) is 5.92 Å². The van der Waals surface area contributed by atoms with Crippen LogP contribution in [0.4, 0.5) is 0 Å². The van der Waals surface area contributed by atoms with Crippen molar-refractivity contribution in [1.82, 2.24) is 5.32 Å². The van der Waals surface area contributed by atoms with E-state index in [0.717, 1.165) is 6.42 Å². The lowest BCUT2D eigenvalue weighted by atomic mass is 9.97. The molecule has 0 saturated heterocycles. The van der Waals surface area contributed by atoms with Crippen LogP contribution < -0.4 is 5.32 Å². The maximum atomic E-state index is 9.35. The Balaban J connectivity index is 4.08. The van der Waals surface area contributed by atoms with Crippen LogP contribution >= 0.6 is 0 Å². The highest BCUT2D eigenvalue weighted by molar-refractivity contribution is 4.77. The lowest BCUT2D eigenvalue weighted by molar-refractivity contribution is 0.185. The zero-order valence-corrected chi connectivity index (χ0v) is 10.9. The molecule has 0 amide bonds. The zero-order valence-electron chi connectivity index (χ0n) is 10.9. The van der Waals surface area contributed by atoms with Crippen LogP contribution in [0.15, 0.2) is 0 Å². The number of hydrogen-bond acceptors (Lipinski definition) is 2. The van der Waals surface area contributed by atoms with Crippen LogP contribution in [0.1, 0.15) is 59.8 Å². The van der Waals surface area contributed by atoms with Gasteiger partial charge in [-0.05, 0) is 18.8 Å². The van der Waals surface area contributed by atoms with Gasteiger partial charge in [0.05, 0.1) is 6.61 Å². The van der Waals surface area contributed by atoms with E-state index in [1.165, 1.54) is 25.7 Å². The highest BCUT2D eigenvalue weighted by atomic mass is 16.3. The predicted octanol–water partition coefficient (Wildman–Crippen LogP) is 2.95. The van der Waals surface area contributed by atoms with Gasteiger partial charge in [-0.2, -0.15) is 0 Å². The van der Waals surface area contributed by atoms with Crippen LogP contribution in [-0.4, -0.2) is 23.8 Å². The maximum absolute atomic E-state index is 9.35. The van der Waals surface area contributed by atoms with Crippen molar-refractivity contribution < 1.29 is 5.11 Å². The predicted molar refractivity (Wildman–Crippen MR) is 67.1 cm³/mol. The minimum Gasteiger partial charge on any atom is -0.395 e. The smallest absolute Gasteiger partial charge is 0.0587 e. The molecule has 0 radical (unpaired) electrons. The molecule has 15 heavy (non-hydrogen) atoms. The lowest BCUT2D eigenvalue weighted by Crippen LogP contribution is -2.44. The van der Waals surface area contributed by atoms with Crippen molar-refractivity contribution >= 4 is 0 Å². The highest BCUT2D eigenvalue weighted by Crippen LogP contribution is 2.12. The van der Waals surface area contributed by atoms with Gasteiger partial charge in [0.2, 0.25) is 0 Å². The first-order chi connectivity index (χ1) is 7.19. The molecule has 0 aromatic rings. The minimum absolute atomic E-state index is 0.263. The average molecular weight is 215 g/mol. The Labute approximate surface area is 95.5 Å². The third-order valence-electron chi connectivity index (χ3n) is 3.25. The first-order valence-corrected chi connectivity index (χ1v) is 6.56. The van der Waals surface area contributed by atoms with Crippen LogP contribution in [0.5, 0.6) is 0 Å². The standard InChI is InChI=1S/C13H29NO/c1-5-8-12(9-6-2)14-13(10-15)11(4)7-3/h11-15H,5-10H2,1-4H3. The molecule has 0 spiro atoms. The van der Waals surface area contributed by atoms with Crippen LogP contribution in [0.3, 0.4) is 0 Å². The Kier molecular flexibility index (Phi) is 9.12. The summed E-state index contributed by atoms with van der Waals surface area (Å²) in [6, 6.07) is 0.865. The normalized spacial score (nSPS) is 15.6. The van der Waals surface area contributed by atoms with E-state index in [4.69, 9.17) is 0 Å². The van der Waals surface area contributed by atoms with E-state index in [0.29, 0.717) is 12.0 Å². The van der Waals surface area contributed by atoms with Crippen LogP contribution in [0.25, 0.3) is 0 Å². The molecule has 0 aliphatic rings. The van der Waals surface area contributed by atoms with Crippen molar-refractivity contribution in [3.05, 3.63) is 0 Å². The summed E-state index contributed by atoms with van der Waals surface area (Å²) in [6.45, 7) is 9.11. The summed E-state index contributed by atoms with van der Waals surface area (Å²) in [5, 5.41) is 13.0. The molecule has 0 aliphatic heterocycles. The number of nitrogens with one attached hydrogen (secondary N) is 1. The fourth-order valence-corrected chi connectivity index (χ4v) is 1.99. The molecule has 0 rings (SSSR count). The van der Waals surface area contributed by atoms with Gasteiger partial charge in [-0.3, -0.25) is 0 Å². The van der Waals surface area contributed by atoms with Gasteiger partial charge >= 0.3 is 0 Å². The quantitative estimate of drug-likeness (QED) is 0.620. The largest absolute Gasteiger partial charge is 0.395 e. The molecule has 0 saturated carbocycles. The Morgan fingerprint density at radius 2 is 1.60 bits per heavy atom. The molecule has 2 heteroatoms. The second-order valence-corrected chi connectivity index (χ2v) is 4.62. The summed E-state index contributed by atoms with van der Waals surface area (Å²) in [6.07, 6.45) is 6.01. The molecule has 2 unspecified atom stereocenters. The van der Waals surface area contributed by atoms with E-state index in [1.807, 2.05) is 0 Å². The van der Waals surface area contributed by atoms with E-state index in [1.54, 1.807) is 0 Å². The van der Waals surface area contributed by atoms with E-state index in [2.05, 4.69) is 33.0 Å². The van der Waals surface area contributed by atoms with Gasteiger partial charge in [0.25, 0.3) is 0 Å². The molecule has 0 heterocycles. The van der Waals surface area contributed by atoms with Gasteiger partial charge in [-0.1, -0.05) is 47.0 Å². The number of aliphatic hydroxyl groups is 1. The summed E-state index contributed by atoms with van der Waals surface area (Å²) in [5.41, 5.74) is 0. The zero-order chi connectivity index (χ0) is 11.7. The van der Waals surface area contributed by atoms with E-state index >= 15 is 0 Å². The molecular formula is C13H29NO. The molecular weight excluding hydrogens is 186 g/mol. The van der Waals surface area contributed by atoms with Gasteiger partial charge in [0.1, 0.15) is 0 Å². The molecule has 0 fully saturated rings. The van der Waals surface area contributed by atoms with Gasteiger partial charge in [-0.15, -0.1) is 0 Å². The molecule has 0 aromatic carbocycles. The van der Waals surface area contributed by atoms with Crippen molar-refractivity contribution in [2.45, 2.75) is 71.9 Å². The Morgan fingerprint density at radius 3 is 1.93 bits per heavy atom. The molecule has 2 atom stereocenters. The van der Waals surface area contributed by atoms with Gasteiger partial charge < -0.3 is 10.4 Å². The lowest BCUT2D eigenvalue weighted by Gasteiger charge is -2.28. The fourth-order valence-electron chi connectivity index (χ4n) is 1.99. The topological polar surface area (TPSA) is 32.3 Å². The Hall–Kier alpha value is -0.0800. The Bertz CT molecular complexity index is 132. The SMILES string of the molecule is CCCC(CCC)NC(CO)C(C)CC. The van der Waals surface area contributed by atoms with Gasteiger partial charge in [0.15, 0.2) is 0 Å². The minimum atomic E-state index is 0.263. The second kappa shape index (κ2) is 9.17. The van der Waals surface area contributed by atoms with Crippen LogP contribution in [0, 0.1) is 5.92 Å². The maximum Gasteiger partial charge on any atom is 0.0587 e. The number of hydrogen-bond donors (Lipinski definition) is 2. The third kappa shape index (κ3) is 6.16. The number of rotatable bonds is 9. The monoisotopic (exact) mass is 215 g/mol. The molecule has 0 aromatic heterocycles. The van der Waals surface area contributed by atoms with Crippen molar-refractivity contribution in [1.29, 1.82) is 0 Å². The molecule has 0 aliphatic carbocycles. The molecule has 2 N–H and O–H groups in total. The van der Waals surface area contributed by atoms with Crippen LogP contribution in [0.2, 0.25) is 0 Å². The highest BCUT2D eigenvalue weighted by Gasteiger charge is 2.18. The first-order valence-electron chi connectivity index (χ1n) is 6.56. The third-order valence-corrected chi connectivity index (χ3v) is 3.25. The van der Waals surface area contributed by atoms with Crippen molar-refractivity contribution in [2.75, 3.05) is 6.61 Å². The number of aliphatic hydroxyl groups excluding tert-OH is 1. The molecule has 2 nitrogen and oxygen atoms in total. The Morgan fingerprint density at radius 1 is 1.07 bits per heavy atom. The van der Waals surface area contributed by atoms with Gasteiger partial charge in [-0.25, -0.2) is 0 Å². The fraction of sp³-hybridized carbons (Fsp3) is 1.00. The van der Waals surface area contributed by atoms with Crippen LogP contribution in [-0.2, 0) is 0 Å². The molecule has 0 bridgehead atoms. The average Bonchev–Trinajstić information content (AvgIpc) is 2.25. The molecule has 92 valence electrons. The van der Waals surface area contributed by atoms with E-state index in [9.17, 15) is 5.11 Å². The first kappa shape index (κ1) is 14.9.